The van der Waals surface area contributed by atoms with Gasteiger partial charge in [-0.1, -0.05) is 6.07 Å². The van der Waals surface area contributed by atoms with Gasteiger partial charge < -0.3 is 5.32 Å². The number of fused-ring (bicyclic) bond motifs is 1. The first-order chi connectivity index (χ1) is 13.8. The van der Waals surface area contributed by atoms with Gasteiger partial charge in [-0.2, -0.15) is 16.9 Å². The number of nitrogens with zero attached hydrogens (tertiary/aromatic N) is 5. The first-order valence-electron chi connectivity index (χ1n) is 8.81. The molecule has 28 heavy (non-hydrogen) atoms. The van der Waals surface area contributed by atoms with Crippen molar-refractivity contribution in [3.05, 3.63) is 66.5 Å². The van der Waals surface area contributed by atoms with Crippen molar-refractivity contribution < 1.29 is 4.79 Å². The van der Waals surface area contributed by atoms with Crippen molar-refractivity contribution in [1.82, 2.24) is 35.1 Å². The molecule has 0 saturated heterocycles. The lowest BCUT2D eigenvalue weighted by atomic mass is 10.1. The molecule has 4 aromatic rings. The van der Waals surface area contributed by atoms with Crippen LogP contribution in [0.4, 0.5) is 0 Å². The van der Waals surface area contributed by atoms with Gasteiger partial charge in [-0.25, -0.2) is 0 Å². The zero-order chi connectivity index (χ0) is 19.3. The summed E-state index contributed by atoms with van der Waals surface area (Å²) in [6.45, 7) is 0. The maximum Gasteiger partial charge on any atom is 0.269 e. The van der Waals surface area contributed by atoms with E-state index in [0.717, 1.165) is 23.4 Å². The molecule has 142 valence electrons. The minimum Gasteiger partial charge on any atom is -0.341 e. The van der Waals surface area contributed by atoms with Crippen LogP contribution in [-0.2, 0) is 0 Å². The third-order valence-electron chi connectivity index (χ3n) is 4.37. The Bertz CT molecular complexity index is 1080. The summed E-state index contributed by atoms with van der Waals surface area (Å²) in [5.74, 6) is 1.37. The van der Waals surface area contributed by atoms with E-state index in [9.17, 15) is 4.79 Å². The molecule has 0 radical (unpaired) electrons. The molecule has 0 aromatic carbocycles. The molecule has 1 atom stereocenters. The molecule has 9 heteroatoms. The Hall–Kier alpha value is -3.20. The molecule has 8 nitrogen and oxygen atoms in total. The highest BCUT2D eigenvalue weighted by atomic mass is 32.2. The van der Waals surface area contributed by atoms with E-state index in [2.05, 4.69) is 30.7 Å². The first kappa shape index (κ1) is 18.2. The number of hydrogen-bond donors (Lipinski definition) is 2. The Morgan fingerprint density at radius 3 is 2.93 bits per heavy atom. The van der Waals surface area contributed by atoms with Crippen molar-refractivity contribution in [2.45, 2.75) is 12.5 Å². The SMILES string of the molecule is CSCC[C@@H](NC(=O)c1cc(-c2ccncc2)n[nH]1)c1nnc2ccccn12. The molecule has 0 aliphatic rings. The van der Waals surface area contributed by atoms with Gasteiger partial charge in [-0.05, 0) is 48.8 Å². The van der Waals surface area contributed by atoms with E-state index in [0.29, 0.717) is 17.2 Å². The number of amides is 1. The summed E-state index contributed by atoms with van der Waals surface area (Å²) >= 11 is 1.72. The van der Waals surface area contributed by atoms with Gasteiger partial charge in [0.1, 0.15) is 5.69 Å². The van der Waals surface area contributed by atoms with Gasteiger partial charge in [0.25, 0.3) is 5.91 Å². The van der Waals surface area contributed by atoms with Crippen LogP contribution >= 0.6 is 11.8 Å². The molecule has 2 N–H and O–H groups in total. The third kappa shape index (κ3) is 3.74. The van der Waals surface area contributed by atoms with Gasteiger partial charge in [0, 0.05) is 24.2 Å². The molecule has 0 unspecified atom stereocenters. The summed E-state index contributed by atoms with van der Waals surface area (Å²) in [6.07, 6.45) is 8.07. The molecule has 1 amide bonds. The van der Waals surface area contributed by atoms with Gasteiger partial charge in [0.2, 0.25) is 0 Å². The molecule has 4 aromatic heterocycles. The maximum absolute atomic E-state index is 12.8. The third-order valence-corrected chi connectivity index (χ3v) is 5.01. The topological polar surface area (TPSA) is 101 Å². The second-order valence-corrected chi connectivity index (χ2v) is 7.18. The number of nitrogens with one attached hydrogen (secondary N) is 2. The highest BCUT2D eigenvalue weighted by Gasteiger charge is 2.22. The number of aromatic amines is 1. The molecule has 0 saturated carbocycles. The Kier molecular flexibility index (Phi) is 5.34. The molecular weight excluding hydrogens is 374 g/mol. The lowest BCUT2D eigenvalue weighted by Gasteiger charge is -2.16. The van der Waals surface area contributed by atoms with Crippen LogP contribution in [0.1, 0.15) is 28.8 Å². The second-order valence-electron chi connectivity index (χ2n) is 6.20. The van der Waals surface area contributed by atoms with Crippen molar-refractivity contribution in [3.63, 3.8) is 0 Å². The molecule has 0 fully saturated rings. The number of carbonyl (C=O) groups excluding carboxylic acids is 1. The van der Waals surface area contributed by atoms with Crippen LogP contribution < -0.4 is 5.32 Å². The minimum atomic E-state index is -0.259. The zero-order valence-electron chi connectivity index (χ0n) is 15.2. The van der Waals surface area contributed by atoms with Crippen LogP contribution in [-0.4, -0.2) is 47.7 Å². The minimum absolute atomic E-state index is 0.230. The monoisotopic (exact) mass is 393 g/mol. The Labute approximate surface area is 165 Å². The van der Waals surface area contributed by atoms with E-state index in [1.54, 1.807) is 30.2 Å². The molecular formula is C19H19N7OS. The normalized spacial score (nSPS) is 12.2. The van der Waals surface area contributed by atoms with E-state index < -0.39 is 0 Å². The van der Waals surface area contributed by atoms with Gasteiger partial charge >= 0.3 is 0 Å². The number of rotatable bonds is 7. The predicted molar refractivity (Wildman–Crippen MR) is 108 cm³/mol. The average Bonchev–Trinajstić information content (AvgIpc) is 3.39. The number of carbonyl (C=O) groups is 1. The lowest BCUT2D eigenvalue weighted by molar-refractivity contribution is 0.0928. The van der Waals surface area contributed by atoms with E-state index >= 15 is 0 Å². The summed E-state index contributed by atoms with van der Waals surface area (Å²) in [5.41, 5.74) is 2.74. The average molecular weight is 393 g/mol. The van der Waals surface area contributed by atoms with Crippen molar-refractivity contribution in [2.75, 3.05) is 12.0 Å². The second kappa shape index (κ2) is 8.22. The molecule has 0 bridgehead atoms. The van der Waals surface area contributed by atoms with Crippen molar-refractivity contribution >= 4 is 23.3 Å². The number of aromatic nitrogens is 6. The van der Waals surface area contributed by atoms with Crippen LogP contribution in [0.5, 0.6) is 0 Å². The van der Waals surface area contributed by atoms with E-state index in [1.165, 1.54) is 0 Å². The standard InChI is InChI=1S/C19H19N7OS/c1-28-11-7-14(18-25-24-17-4-2-3-10-26(17)18)21-19(27)16-12-15(22-23-16)13-5-8-20-9-6-13/h2-6,8-10,12,14H,7,11H2,1H3,(H,21,27)(H,22,23)/t14-/m1/s1. The maximum atomic E-state index is 12.8. The van der Waals surface area contributed by atoms with Crippen molar-refractivity contribution in [3.8, 4) is 11.3 Å². The quantitative estimate of drug-likeness (QED) is 0.501. The predicted octanol–water partition coefficient (Wildman–Crippen LogP) is 2.74. The fourth-order valence-corrected chi connectivity index (χ4v) is 3.42. The fourth-order valence-electron chi connectivity index (χ4n) is 2.94. The van der Waals surface area contributed by atoms with Crippen LogP contribution in [0.3, 0.4) is 0 Å². The van der Waals surface area contributed by atoms with Crippen LogP contribution in [0.15, 0.2) is 55.0 Å². The highest BCUT2D eigenvalue weighted by Crippen LogP contribution is 2.20. The van der Waals surface area contributed by atoms with Crippen molar-refractivity contribution in [2.24, 2.45) is 0 Å². The summed E-state index contributed by atoms with van der Waals surface area (Å²) in [4.78, 5) is 16.8. The summed E-state index contributed by atoms with van der Waals surface area (Å²) in [6, 6.07) is 10.9. The molecule has 4 rings (SSSR count). The van der Waals surface area contributed by atoms with Crippen LogP contribution in [0.2, 0.25) is 0 Å². The largest absolute Gasteiger partial charge is 0.341 e. The van der Waals surface area contributed by atoms with Gasteiger partial charge in [-0.15, -0.1) is 10.2 Å². The number of H-pyrrole nitrogens is 1. The number of hydrogen-bond acceptors (Lipinski definition) is 6. The molecule has 0 aliphatic carbocycles. The van der Waals surface area contributed by atoms with Gasteiger partial charge in [0.05, 0.1) is 11.7 Å². The van der Waals surface area contributed by atoms with Crippen LogP contribution in [0.25, 0.3) is 16.9 Å². The van der Waals surface area contributed by atoms with Crippen LogP contribution in [0, 0.1) is 0 Å². The highest BCUT2D eigenvalue weighted by molar-refractivity contribution is 7.98. The summed E-state index contributed by atoms with van der Waals surface area (Å²) in [7, 11) is 0. The smallest absolute Gasteiger partial charge is 0.269 e. The fraction of sp³-hybridized carbons (Fsp3) is 0.211. The Morgan fingerprint density at radius 2 is 2.11 bits per heavy atom. The molecule has 0 spiro atoms. The van der Waals surface area contributed by atoms with E-state index in [-0.39, 0.29) is 11.9 Å². The summed E-state index contributed by atoms with van der Waals surface area (Å²) in [5, 5.41) is 18.6. The van der Waals surface area contributed by atoms with E-state index in [4.69, 9.17) is 0 Å². The van der Waals surface area contributed by atoms with Crippen molar-refractivity contribution in [1.29, 1.82) is 0 Å². The van der Waals surface area contributed by atoms with Gasteiger partial charge in [0.15, 0.2) is 11.5 Å². The Morgan fingerprint density at radius 1 is 1.25 bits per heavy atom. The summed E-state index contributed by atoms with van der Waals surface area (Å²) < 4.78 is 1.90. The zero-order valence-corrected chi connectivity index (χ0v) is 16.1. The Balaban J connectivity index is 1.57. The number of pyridine rings is 2. The van der Waals surface area contributed by atoms with Gasteiger partial charge in [-0.3, -0.25) is 19.3 Å². The lowest BCUT2D eigenvalue weighted by Crippen LogP contribution is -2.30. The first-order valence-corrected chi connectivity index (χ1v) is 10.2. The van der Waals surface area contributed by atoms with E-state index in [1.807, 2.05) is 47.2 Å². The number of thioether (sulfide) groups is 1. The molecule has 0 aliphatic heterocycles. The molecule has 4 heterocycles.